The molecular weight excluding hydrogens is 298 g/mol. The van der Waals surface area contributed by atoms with Gasteiger partial charge in [-0.2, -0.15) is 0 Å². The number of carboxylic acid groups (broad SMARTS) is 1. The van der Waals surface area contributed by atoms with Crippen molar-refractivity contribution in [1.29, 1.82) is 0 Å². The minimum absolute atomic E-state index is 0.0480. The maximum absolute atomic E-state index is 12.2. The zero-order valence-electron chi connectivity index (χ0n) is 11.8. The van der Waals surface area contributed by atoms with Gasteiger partial charge < -0.3 is 19.5 Å². The number of hydrogen-bond acceptors (Lipinski definition) is 7. The van der Waals surface area contributed by atoms with E-state index in [2.05, 4.69) is 20.4 Å². The molecule has 11 heteroatoms. The minimum atomic E-state index is -1.13. The van der Waals surface area contributed by atoms with Crippen molar-refractivity contribution in [3.05, 3.63) is 6.20 Å². The van der Waals surface area contributed by atoms with Gasteiger partial charge in [-0.3, -0.25) is 10.1 Å². The Hall–Kier alpha value is -2.69. The van der Waals surface area contributed by atoms with Crippen LogP contribution in [0.5, 0.6) is 0 Å². The van der Waals surface area contributed by atoms with Crippen LogP contribution in [-0.4, -0.2) is 75.9 Å². The summed E-state index contributed by atoms with van der Waals surface area (Å²) in [6.45, 7) is 0.229. The summed E-state index contributed by atoms with van der Waals surface area (Å²) in [5.41, 5.74) is 0. The second kappa shape index (κ2) is 6.85. The van der Waals surface area contributed by atoms with Gasteiger partial charge >= 0.3 is 12.1 Å². The van der Waals surface area contributed by atoms with Gasteiger partial charge in [-0.25, -0.2) is 14.3 Å². The number of rotatable bonds is 4. The average Bonchev–Trinajstić information content (AvgIpc) is 2.93. The third kappa shape index (κ3) is 3.69. The molecule has 0 radical (unpaired) electrons. The number of carboxylic acids is 1. The van der Waals surface area contributed by atoms with Crippen LogP contribution in [0.3, 0.4) is 0 Å². The van der Waals surface area contributed by atoms with Crippen molar-refractivity contribution in [3.63, 3.8) is 0 Å². The minimum Gasteiger partial charge on any atom is -0.480 e. The van der Waals surface area contributed by atoms with Crippen LogP contribution in [0, 0.1) is 0 Å². The Kier molecular flexibility index (Phi) is 4.88. The fourth-order valence-electron chi connectivity index (χ4n) is 1.92. The van der Waals surface area contributed by atoms with E-state index < -0.39 is 24.0 Å². The fourth-order valence-corrected chi connectivity index (χ4v) is 1.92. The number of anilines is 1. The predicted octanol–water partition coefficient (Wildman–Crippen LogP) is -1.23. The number of carbonyl (C=O) groups is 3. The lowest BCUT2D eigenvalue weighted by atomic mass is 10.2. The van der Waals surface area contributed by atoms with Gasteiger partial charge in [0.15, 0.2) is 11.9 Å². The van der Waals surface area contributed by atoms with Crippen molar-refractivity contribution >= 4 is 23.8 Å². The second-order valence-corrected chi connectivity index (χ2v) is 4.43. The summed E-state index contributed by atoms with van der Waals surface area (Å²) in [4.78, 5) is 35.5. The van der Waals surface area contributed by atoms with Crippen LogP contribution in [0.15, 0.2) is 6.20 Å². The summed E-state index contributed by atoms with van der Waals surface area (Å²) in [5.74, 6) is -1.43. The maximum atomic E-state index is 12.2. The van der Waals surface area contributed by atoms with Crippen molar-refractivity contribution in [2.75, 3.05) is 32.2 Å². The summed E-state index contributed by atoms with van der Waals surface area (Å²) in [6.07, 6.45) is 0.628. The molecule has 1 fully saturated rings. The van der Waals surface area contributed by atoms with Crippen molar-refractivity contribution in [3.8, 4) is 0 Å². The smallest absolute Gasteiger partial charge is 0.412 e. The number of aliphatic carboxylic acids is 1. The first-order valence-electron chi connectivity index (χ1n) is 6.36. The van der Waals surface area contributed by atoms with Gasteiger partial charge in [-0.1, -0.05) is 5.21 Å². The SMILES string of the molecule is COC(=O)Nc1cn(CC(=O)N2CCOCC2C(=O)O)nn1. The first kappa shape index (κ1) is 15.7. The molecule has 120 valence electrons. The molecule has 2 heterocycles. The summed E-state index contributed by atoms with van der Waals surface area (Å²) < 4.78 is 10.7. The molecule has 0 bridgehead atoms. The highest BCUT2D eigenvalue weighted by Crippen LogP contribution is 2.09. The third-order valence-corrected chi connectivity index (χ3v) is 2.99. The largest absolute Gasteiger partial charge is 0.480 e. The van der Waals surface area contributed by atoms with Crippen LogP contribution in [-0.2, 0) is 25.6 Å². The highest BCUT2D eigenvalue weighted by Gasteiger charge is 2.32. The van der Waals surface area contributed by atoms with E-state index in [1.165, 1.54) is 22.9 Å². The molecule has 2 rings (SSSR count). The Bertz CT molecular complexity index is 573. The van der Waals surface area contributed by atoms with Gasteiger partial charge in [-0.05, 0) is 0 Å². The van der Waals surface area contributed by atoms with E-state index in [9.17, 15) is 14.4 Å². The number of carbonyl (C=O) groups excluding carboxylic acids is 2. The molecule has 2 N–H and O–H groups in total. The van der Waals surface area contributed by atoms with Crippen molar-refractivity contribution in [2.45, 2.75) is 12.6 Å². The van der Waals surface area contributed by atoms with E-state index in [1.54, 1.807) is 0 Å². The summed E-state index contributed by atoms with van der Waals surface area (Å²) in [5, 5.41) is 18.7. The molecule has 11 nitrogen and oxygen atoms in total. The summed E-state index contributed by atoms with van der Waals surface area (Å²) >= 11 is 0. The zero-order valence-corrected chi connectivity index (χ0v) is 11.8. The normalized spacial score (nSPS) is 17.9. The van der Waals surface area contributed by atoms with Crippen LogP contribution < -0.4 is 5.32 Å². The van der Waals surface area contributed by atoms with E-state index in [1.807, 2.05) is 0 Å². The number of nitrogens with zero attached hydrogens (tertiary/aromatic N) is 4. The van der Waals surface area contributed by atoms with Crippen molar-refractivity contribution in [2.24, 2.45) is 0 Å². The van der Waals surface area contributed by atoms with E-state index >= 15 is 0 Å². The number of methoxy groups -OCH3 is 1. The van der Waals surface area contributed by atoms with Gasteiger partial charge in [0.25, 0.3) is 0 Å². The van der Waals surface area contributed by atoms with E-state index in [0.717, 1.165) is 0 Å². The molecule has 1 aliphatic rings. The van der Waals surface area contributed by atoms with Gasteiger partial charge in [0, 0.05) is 6.54 Å². The number of aromatic nitrogens is 3. The highest BCUT2D eigenvalue weighted by atomic mass is 16.5. The fraction of sp³-hybridized carbons (Fsp3) is 0.545. The predicted molar refractivity (Wildman–Crippen MR) is 70.0 cm³/mol. The lowest BCUT2D eigenvalue weighted by molar-refractivity contribution is -0.158. The van der Waals surface area contributed by atoms with Gasteiger partial charge in [0.1, 0.15) is 6.54 Å². The summed E-state index contributed by atoms with van der Waals surface area (Å²) in [6, 6.07) is -1.02. The van der Waals surface area contributed by atoms with E-state index in [4.69, 9.17) is 9.84 Å². The number of nitrogens with one attached hydrogen (secondary N) is 1. The monoisotopic (exact) mass is 313 g/mol. The third-order valence-electron chi connectivity index (χ3n) is 2.99. The van der Waals surface area contributed by atoms with Crippen LogP contribution in [0.1, 0.15) is 0 Å². The van der Waals surface area contributed by atoms with E-state index in [-0.39, 0.29) is 32.1 Å². The topological polar surface area (TPSA) is 136 Å². The molecule has 1 unspecified atom stereocenters. The quantitative estimate of drug-likeness (QED) is 0.705. The van der Waals surface area contributed by atoms with Crippen LogP contribution in [0.25, 0.3) is 0 Å². The number of ether oxygens (including phenoxy) is 2. The number of amides is 2. The Morgan fingerprint density at radius 1 is 1.55 bits per heavy atom. The lowest BCUT2D eigenvalue weighted by Crippen LogP contribution is -2.53. The molecule has 2 amide bonds. The Labute approximate surface area is 124 Å². The molecule has 1 saturated heterocycles. The van der Waals surface area contributed by atoms with E-state index in [0.29, 0.717) is 0 Å². The average molecular weight is 313 g/mol. The standard InChI is InChI=1S/C11H15N5O6/c1-21-11(20)12-8-4-15(14-13-8)5-9(17)16-2-3-22-6-7(16)10(18)19/h4,7H,2-3,5-6H2,1H3,(H,12,20)(H,18,19). The molecule has 0 spiro atoms. The zero-order chi connectivity index (χ0) is 16.1. The maximum Gasteiger partial charge on any atom is 0.412 e. The Balaban J connectivity index is 1.99. The molecule has 1 aromatic rings. The summed E-state index contributed by atoms with van der Waals surface area (Å²) in [7, 11) is 1.20. The Morgan fingerprint density at radius 3 is 3.00 bits per heavy atom. The Morgan fingerprint density at radius 2 is 2.32 bits per heavy atom. The molecule has 0 aliphatic carbocycles. The molecule has 1 aliphatic heterocycles. The second-order valence-electron chi connectivity index (χ2n) is 4.43. The van der Waals surface area contributed by atoms with Crippen LogP contribution in [0.2, 0.25) is 0 Å². The molecular formula is C11H15N5O6. The van der Waals surface area contributed by atoms with Crippen LogP contribution >= 0.6 is 0 Å². The van der Waals surface area contributed by atoms with Gasteiger partial charge in [0.2, 0.25) is 5.91 Å². The van der Waals surface area contributed by atoms with Crippen molar-refractivity contribution in [1.82, 2.24) is 19.9 Å². The lowest BCUT2D eigenvalue weighted by Gasteiger charge is -2.32. The van der Waals surface area contributed by atoms with Crippen molar-refractivity contribution < 1.29 is 29.0 Å². The number of morpholine rings is 1. The molecule has 0 aromatic carbocycles. The number of hydrogen-bond donors (Lipinski definition) is 2. The molecule has 22 heavy (non-hydrogen) atoms. The first-order valence-corrected chi connectivity index (χ1v) is 6.36. The molecule has 1 atom stereocenters. The van der Waals surface area contributed by atoms with Crippen LogP contribution in [0.4, 0.5) is 10.6 Å². The van der Waals surface area contributed by atoms with Gasteiger partial charge in [-0.15, -0.1) is 5.10 Å². The first-order chi connectivity index (χ1) is 10.5. The molecule has 1 aromatic heterocycles. The van der Waals surface area contributed by atoms with Gasteiger partial charge in [0.05, 0.1) is 26.5 Å². The molecule has 0 saturated carbocycles. The highest BCUT2D eigenvalue weighted by molar-refractivity contribution is 5.84.